The number of rotatable bonds is 2. The van der Waals surface area contributed by atoms with Crippen molar-refractivity contribution in [3.8, 4) is 0 Å². The van der Waals surface area contributed by atoms with Gasteiger partial charge in [-0.15, -0.1) is 0 Å². The van der Waals surface area contributed by atoms with Gasteiger partial charge < -0.3 is 0 Å². The Morgan fingerprint density at radius 1 is 1.07 bits per heavy atom. The monoisotopic (exact) mass is 360 g/mol. The molecule has 27 heavy (non-hydrogen) atoms. The Bertz CT molecular complexity index is 986. The number of fused-ring (bicyclic) bond motifs is 1. The molecule has 1 saturated heterocycles. The number of aryl methyl sites for hydroxylation is 2. The number of pyridine rings is 1. The van der Waals surface area contributed by atoms with Crippen LogP contribution in [-0.4, -0.2) is 20.9 Å². The molecule has 4 rings (SSSR count). The quantitative estimate of drug-likeness (QED) is 0.807. The van der Waals surface area contributed by atoms with Gasteiger partial charge in [-0.2, -0.15) is 0 Å². The average Bonchev–Trinajstić information content (AvgIpc) is 2.84. The summed E-state index contributed by atoms with van der Waals surface area (Å²) in [6.45, 7) is 10.0. The Balaban J connectivity index is 1.84. The van der Waals surface area contributed by atoms with Gasteiger partial charge in [0, 0.05) is 35.8 Å². The van der Waals surface area contributed by atoms with Crippen molar-refractivity contribution < 1.29 is 4.79 Å². The molecular formula is C22H24N4O. The second kappa shape index (κ2) is 6.12. The minimum atomic E-state index is -0.451. The molecule has 0 aromatic carbocycles. The Morgan fingerprint density at radius 2 is 1.78 bits per heavy atom. The molecule has 2 aromatic heterocycles. The highest BCUT2D eigenvalue weighted by Gasteiger charge is 2.51. The van der Waals surface area contributed by atoms with Gasteiger partial charge in [0.05, 0.1) is 17.3 Å². The van der Waals surface area contributed by atoms with E-state index in [1.165, 1.54) is 0 Å². The fraction of sp³-hybridized carbons (Fsp3) is 0.364. The second-order valence-corrected chi connectivity index (χ2v) is 8.00. The van der Waals surface area contributed by atoms with Crippen LogP contribution in [0.2, 0.25) is 0 Å². The van der Waals surface area contributed by atoms with E-state index in [2.05, 4.69) is 27.1 Å². The summed E-state index contributed by atoms with van der Waals surface area (Å²) in [4.78, 5) is 28.2. The first-order valence-electron chi connectivity index (χ1n) is 9.27. The van der Waals surface area contributed by atoms with E-state index in [0.29, 0.717) is 0 Å². The van der Waals surface area contributed by atoms with E-state index in [-0.39, 0.29) is 11.8 Å². The van der Waals surface area contributed by atoms with Gasteiger partial charge in [0.2, 0.25) is 5.91 Å². The molecule has 1 fully saturated rings. The maximum atomic E-state index is 13.4. The van der Waals surface area contributed by atoms with E-state index in [1.807, 2.05) is 58.1 Å². The van der Waals surface area contributed by atoms with Crippen LogP contribution in [0.15, 0.2) is 42.6 Å². The van der Waals surface area contributed by atoms with Crippen molar-refractivity contribution in [1.82, 2.24) is 15.0 Å². The number of hydrogen-bond acceptors (Lipinski definition) is 4. The summed E-state index contributed by atoms with van der Waals surface area (Å²) < 4.78 is 0. The van der Waals surface area contributed by atoms with Crippen molar-refractivity contribution in [3.63, 3.8) is 0 Å². The molecule has 0 radical (unpaired) electrons. The zero-order valence-electron chi connectivity index (χ0n) is 16.4. The topological polar surface area (TPSA) is 59.0 Å². The van der Waals surface area contributed by atoms with E-state index in [9.17, 15) is 4.79 Å². The van der Waals surface area contributed by atoms with E-state index in [1.54, 1.807) is 6.20 Å². The normalized spacial score (nSPS) is 21.0. The summed E-state index contributed by atoms with van der Waals surface area (Å²) in [6, 6.07) is 0. The molecule has 2 aromatic rings. The lowest BCUT2D eigenvalue weighted by Crippen LogP contribution is -2.31. The lowest BCUT2D eigenvalue weighted by atomic mass is 9.75. The molecule has 5 heteroatoms. The van der Waals surface area contributed by atoms with Gasteiger partial charge in [0.1, 0.15) is 5.82 Å². The predicted molar refractivity (Wildman–Crippen MR) is 106 cm³/mol. The molecule has 1 amide bonds. The minimum absolute atomic E-state index is 0.129. The molecular weight excluding hydrogens is 336 g/mol. The van der Waals surface area contributed by atoms with Crippen LogP contribution in [0.5, 0.6) is 0 Å². The lowest BCUT2D eigenvalue weighted by molar-refractivity contribution is -0.125. The number of nitrogens with zero attached hydrogens (tertiary/aromatic N) is 4. The zero-order chi connectivity index (χ0) is 19.3. The van der Waals surface area contributed by atoms with E-state index >= 15 is 0 Å². The predicted octanol–water partition coefficient (Wildman–Crippen LogP) is 4.16. The molecule has 0 bridgehead atoms. The lowest BCUT2D eigenvalue weighted by Gasteiger charge is -2.26. The number of carbonyl (C=O) groups excluding carboxylic acids is 1. The largest absolute Gasteiger partial charge is 0.282 e. The number of aromatic nitrogens is 3. The van der Waals surface area contributed by atoms with E-state index in [0.717, 1.165) is 45.9 Å². The van der Waals surface area contributed by atoms with Crippen LogP contribution in [-0.2, 0) is 4.79 Å². The van der Waals surface area contributed by atoms with Gasteiger partial charge in [0.25, 0.3) is 0 Å². The summed E-state index contributed by atoms with van der Waals surface area (Å²) >= 11 is 0. The van der Waals surface area contributed by atoms with Crippen molar-refractivity contribution in [2.45, 2.75) is 41.0 Å². The van der Waals surface area contributed by atoms with Crippen molar-refractivity contribution >= 4 is 17.2 Å². The van der Waals surface area contributed by atoms with Crippen LogP contribution in [0.1, 0.15) is 42.8 Å². The first-order valence-corrected chi connectivity index (χ1v) is 9.27. The summed E-state index contributed by atoms with van der Waals surface area (Å²) in [5.41, 5.74) is 5.68. The minimum Gasteiger partial charge on any atom is -0.282 e. The van der Waals surface area contributed by atoms with Gasteiger partial charge in [-0.25, -0.2) is 9.97 Å². The Hall–Kier alpha value is -2.82. The molecule has 1 aliphatic carbocycles. The molecule has 1 aliphatic heterocycles. The van der Waals surface area contributed by atoms with Crippen LogP contribution in [0.3, 0.4) is 0 Å². The van der Waals surface area contributed by atoms with E-state index in [4.69, 9.17) is 0 Å². The number of carbonyl (C=O) groups is 1. The third-order valence-corrected chi connectivity index (χ3v) is 5.91. The van der Waals surface area contributed by atoms with Crippen molar-refractivity contribution in [2.75, 3.05) is 4.90 Å². The van der Waals surface area contributed by atoms with Gasteiger partial charge in [-0.1, -0.05) is 19.9 Å². The number of amides is 1. The van der Waals surface area contributed by atoms with Gasteiger partial charge in [-0.3, -0.25) is 14.7 Å². The summed E-state index contributed by atoms with van der Waals surface area (Å²) in [5, 5.41) is 0. The van der Waals surface area contributed by atoms with Gasteiger partial charge >= 0.3 is 0 Å². The number of hydrogen-bond donors (Lipinski definition) is 0. The summed E-state index contributed by atoms with van der Waals surface area (Å²) in [6.07, 6.45) is 12.5. The van der Waals surface area contributed by atoms with Crippen LogP contribution < -0.4 is 4.90 Å². The maximum Gasteiger partial charge on any atom is 0.237 e. The second-order valence-electron chi connectivity index (χ2n) is 8.00. The highest BCUT2D eigenvalue weighted by molar-refractivity contribution is 6.05. The number of anilines is 1. The summed E-state index contributed by atoms with van der Waals surface area (Å²) in [5.74, 6) is 1.03. The fourth-order valence-corrected chi connectivity index (χ4v) is 3.96. The molecule has 138 valence electrons. The molecule has 2 aliphatic rings. The maximum absolute atomic E-state index is 13.4. The highest BCUT2D eigenvalue weighted by atomic mass is 16.2. The molecule has 5 nitrogen and oxygen atoms in total. The molecule has 0 N–H and O–H groups in total. The highest BCUT2D eigenvalue weighted by Crippen LogP contribution is 2.50. The fourth-order valence-electron chi connectivity index (χ4n) is 3.96. The van der Waals surface area contributed by atoms with Crippen LogP contribution >= 0.6 is 0 Å². The van der Waals surface area contributed by atoms with E-state index < -0.39 is 5.41 Å². The smallest absolute Gasteiger partial charge is 0.237 e. The molecule has 3 heterocycles. The third kappa shape index (κ3) is 2.69. The van der Waals surface area contributed by atoms with Crippen molar-refractivity contribution in [3.05, 3.63) is 65.2 Å². The number of allylic oxidation sites excluding steroid dienone is 4. The van der Waals surface area contributed by atoms with Crippen LogP contribution in [0, 0.1) is 32.1 Å². The van der Waals surface area contributed by atoms with Crippen LogP contribution in [0.25, 0.3) is 5.57 Å². The van der Waals surface area contributed by atoms with Gasteiger partial charge in [-0.05, 0) is 50.0 Å². The zero-order valence-corrected chi connectivity index (χ0v) is 16.4. The van der Waals surface area contributed by atoms with Gasteiger partial charge in [0.15, 0.2) is 0 Å². The Morgan fingerprint density at radius 3 is 2.48 bits per heavy atom. The van der Waals surface area contributed by atoms with Crippen molar-refractivity contribution in [1.29, 1.82) is 0 Å². The first-order chi connectivity index (χ1) is 12.8. The first kappa shape index (κ1) is 17.6. The standard InChI is InChI=1S/C22H24N4O/c1-13-9-23-12-20(14(13)2)26-19-8-16(17-10-24-15(3)25-11-17)6-7-18(19)22(4,5)21(26)27/h6,8-12,18H,7H2,1-5H3. The Kier molecular flexibility index (Phi) is 3.98. The average molecular weight is 360 g/mol. The van der Waals surface area contributed by atoms with Crippen molar-refractivity contribution in [2.24, 2.45) is 11.3 Å². The SMILES string of the molecule is Cc1ncc(C2=CCC3C(=C2)N(c2cncc(C)c2C)C(=O)C3(C)C)cn1. The molecule has 1 atom stereocenters. The van der Waals surface area contributed by atoms with Crippen LogP contribution in [0.4, 0.5) is 5.69 Å². The molecule has 0 spiro atoms. The molecule has 0 saturated carbocycles. The summed E-state index contributed by atoms with van der Waals surface area (Å²) in [7, 11) is 0. The Labute approximate surface area is 159 Å². The third-order valence-electron chi connectivity index (χ3n) is 5.91. The molecule has 1 unspecified atom stereocenters.